The number of carbonyl (C=O) groups is 1. The Morgan fingerprint density at radius 1 is 1.11 bits per heavy atom. The maximum atomic E-state index is 11.8. The van der Waals surface area contributed by atoms with Crippen LogP contribution in [0.25, 0.3) is 0 Å². The Balaban J connectivity index is 2.13. The summed E-state index contributed by atoms with van der Waals surface area (Å²) in [6.07, 6.45) is 1.35. The van der Waals surface area contributed by atoms with Crippen molar-refractivity contribution >= 4 is 28.9 Å². The van der Waals surface area contributed by atoms with Gasteiger partial charge in [0, 0.05) is 15.4 Å². The minimum absolute atomic E-state index is 0.0562. The molecule has 0 unspecified atom stereocenters. The van der Waals surface area contributed by atoms with Crippen molar-refractivity contribution in [2.75, 3.05) is 5.32 Å². The summed E-state index contributed by atoms with van der Waals surface area (Å²) in [7, 11) is 0. The molecule has 3 rings (SSSR count). The van der Waals surface area contributed by atoms with E-state index in [0.29, 0.717) is 5.56 Å². The quantitative estimate of drug-likeness (QED) is 0.546. The van der Waals surface area contributed by atoms with Gasteiger partial charge < -0.3 is 5.32 Å². The number of rotatable bonds is 2. The van der Waals surface area contributed by atoms with Gasteiger partial charge in [0.2, 0.25) is 0 Å². The van der Waals surface area contributed by atoms with Gasteiger partial charge in [-0.15, -0.1) is 0 Å². The lowest BCUT2D eigenvalue weighted by Crippen LogP contribution is -2.06. The number of hydrogen-bond donors (Lipinski definition) is 1. The lowest BCUT2D eigenvalue weighted by Gasteiger charge is -2.22. The molecule has 0 atom stereocenters. The molecule has 0 fully saturated rings. The SMILES string of the molecule is C=CC(=O)c1cccc2c1Nc1ccccc1S2. The first kappa shape index (κ1) is 11.1. The van der Waals surface area contributed by atoms with Crippen LogP contribution in [0.2, 0.25) is 0 Å². The number of allylic oxidation sites excluding steroid dienone is 1. The minimum atomic E-state index is -0.0562. The van der Waals surface area contributed by atoms with Crippen LogP contribution in [0.15, 0.2) is 64.9 Å². The second-order valence-electron chi connectivity index (χ2n) is 3.97. The van der Waals surface area contributed by atoms with Gasteiger partial charge in [-0.2, -0.15) is 0 Å². The minimum Gasteiger partial charge on any atom is -0.353 e. The average Bonchev–Trinajstić information content (AvgIpc) is 2.43. The van der Waals surface area contributed by atoms with Crippen molar-refractivity contribution in [1.82, 2.24) is 0 Å². The van der Waals surface area contributed by atoms with E-state index in [0.717, 1.165) is 16.3 Å². The average molecular weight is 253 g/mol. The summed E-state index contributed by atoms with van der Waals surface area (Å²) in [6, 6.07) is 13.8. The van der Waals surface area contributed by atoms with Crippen molar-refractivity contribution in [3.63, 3.8) is 0 Å². The molecule has 0 amide bonds. The van der Waals surface area contributed by atoms with Crippen LogP contribution in [0.1, 0.15) is 10.4 Å². The summed E-state index contributed by atoms with van der Waals surface area (Å²) in [5.74, 6) is -0.0562. The molecule has 2 aromatic rings. The zero-order chi connectivity index (χ0) is 12.5. The second-order valence-corrected chi connectivity index (χ2v) is 5.05. The van der Waals surface area contributed by atoms with Crippen molar-refractivity contribution in [2.45, 2.75) is 9.79 Å². The summed E-state index contributed by atoms with van der Waals surface area (Å²) < 4.78 is 0. The molecule has 1 aliphatic rings. The Hall–Kier alpha value is -2.00. The van der Waals surface area contributed by atoms with E-state index in [1.165, 1.54) is 11.0 Å². The molecule has 0 aliphatic carbocycles. The maximum absolute atomic E-state index is 11.8. The predicted molar refractivity (Wildman–Crippen MR) is 74.8 cm³/mol. The van der Waals surface area contributed by atoms with Gasteiger partial charge in [0.05, 0.1) is 11.4 Å². The van der Waals surface area contributed by atoms with Gasteiger partial charge in [-0.05, 0) is 30.3 Å². The van der Waals surface area contributed by atoms with E-state index < -0.39 is 0 Å². The molecule has 88 valence electrons. The summed E-state index contributed by atoms with van der Waals surface area (Å²) >= 11 is 1.68. The van der Waals surface area contributed by atoms with Gasteiger partial charge in [0.1, 0.15) is 0 Å². The number of fused-ring (bicyclic) bond motifs is 2. The Kier molecular flexibility index (Phi) is 2.68. The summed E-state index contributed by atoms with van der Waals surface area (Å²) in [4.78, 5) is 14.1. The van der Waals surface area contributed by atoms with Gasteiger partial charge in [-0.1, -0.05) is 36.5 Å². The number of ketones is 1. The molecular formula is C15H11NOS. The summed E-state index contributed by atoms with van der Waals surface area (Å²) in [5.41, 5.74) is 2.59. The van der Waals surface area contributed by atoms with Crippen LogP contribution >= 0.6 is 11.8 Å². The highest BCUT2D eigenvalue weighted by atomic mass is 32.2. The largest absolute Gasteiger partial charge is 0.353 e. The van der Waals surface area contributed by atoms with Gasteiger partial charge in [-0.25, -0.2) is 0 Å². The molecule has 3 heteroatoms. The van der Waals surface area contributed by atoms with Crippen LogP contribution in [0, 0.1) is 0 Å². The van der Waals surface area contributed by atoms with E-state index >= 15 is 0 Å². The fraction of sp³-hybridized carbons (Fsp3) is 0. The molecule has 0 bridgehead atoms. The highest BCUT2D eigenvalue weighted by Gasteiger charge is 2.19. The number of anilines is 2. The van der Waals surface area contributed by atoms with Crippen LogP contribution in [0.3, 0.4) is 0 Å². The number of carbonyl (C=O) groups excluding carboxylic acids is 1. The van der Waals surface area contributed by atoms with Crippen molar-refractivity contribution in [2.24, 2.45) is 0 Å². The monoisotopic (exact) mass is 253 g/mol. The summed E-state index contributed by atoms with van der Waals surface area (Å²) in [6.45, 7) is 3.55. The summed E-state index contributed by atoms with van der Waals surface area (Å²) in [5, 5.41) is 3.33. The van der Waals surface area contributed by atoms with Gasteiger partial charge in [-0.3, -0.25) is 4.79 Å². The third-order valence-electron chi connectivity index (χ3n) is 2.84. The number of nitrogens with one attached hydrogen (secondary N) is 1. The van der Waals surface area contributed by atoms with Crippen LogP contribution in [-0.2, 0) is 0 Å². The van der Waals surface area contributed by atoms with Crippen molar-refractivity contribution < 1.29 is 4.79 Å². The maximum Gasteiger partial charge on any atom is 0.187 e. The first-order chi connectivity index (χ1) is 8.79. The van der Waals surface area contributed by atoms with Crippen molar-refractivity contribution in [1.29, 1.82) is 0 Å². The molecule has 2 nitrogen and oxygen atoms in total. The molecule has 0 spiro atoms. The standard InChI is InChI=1S/C15H11NOS/c1-2-12(17)10-6-5-9-14-15(10)16-11-7-3-4-8-13(11)18-14/h2-9,16H,1H2. The lowest BCUT2D eigenvalue weighted by atomic mass is 10.1. The van der Waals surface area contributed by atoms with Crippen LogP contribution < -0.4 is 5.32 Å². The number of benzene rings is 2. The van der Waals surface area contributed by atoms with Crippen LogP contribution in [0.5, 0.6) is 0 Å². The zero-order valence-corrected chi connectivity index (χ0v) is 10.5. The highest BCUT2D eigenvalue weighted by Crippen LogP contribution is 2.45. The van der Waals surface area contributed by atoms with E-state index in [1.54, 1.807) is 11.8 Å². The molecular weight excluding hydrogens is 242 g/mol. The van der Waals surface area contributed by atoms with Gasteiger partial charge >= 0.3 is 0 Å². The Labute approximate surface area is 110 Å². The van der Waals surface area contributed by atoms with E-state index in [4.69, 9.17) is 0 Å². The fourth-order valence-corrected chi connectivity index (χ4v) is 2.99. The normalized spacial score (nSPS) is 12.0. The predicted octanol–water partition coefficient (Wildman–Crippen LogP) is 4.26. The first-order valence-electron chi connectivity index (χ1n) is 5.63. The Bertz CT molecular complexity index is 649. The smallest absolute Gasteiger partial charge is 0.187 e. The van der Waals surface area contributed by atoms with Gasteiger partial charge in [0.25, 0.3) is 0 Å². The van der Waals surface area contributed by atoms with Crippen LogP contribution in [0.4, 0.5) is 11.4 Å². The molecule has 0 radical (unpaired) electrons. The number of para-hydroxylation sites is 2. The zero-order valence-electron chi connectivity index (χ0n) is 9.64. The third kappa shape index (κ3) is 1.73. The van der Waals surface area contributed by atoms with E-state index in [-0.39, 0.29) is 5.78 Å². The molecule has 1 N–H and O–H groups in total. The lowest BCUT2D eigenvalue weighted by molar-refractivity contribution is 0.104. The highest BCUT2D eigenvalue weighted by molar-refractivity contribution is 7.99. The van der Waals surface area contributed by atoms with Crippen molar-refractivity contribution in [3.8, 4) is 0 Å². The first-order valence-corrected chi connectivity index (χ1v) is 6.45. The molecule has 0 saturated carbocycles. The van der Waals surface area contributed by atoms with E-state index in [9.17, 15) is 4.79 Å². The molecule has 0 aromatic heterocycles. The molecule has 0 saturated heterocycles. The van der Waals surface area contributed by atoms with E-state index in [2.05, 4.69) is 18.0 Å². The van der Waals surface area contributed by atoms with Gasteiger partial charge in [0.15, 0.2) is 5.78 Å². The van der Waals surface area contributed by atoms with E-state index in [1.807, 2.05) is 36.4 Å². The second kappa shape index (κ2) is 4.35. The molecule has 2 aromatic carbocycles. The van der Waals surface area contributed by atoms with Crippen LogP contribution in [-0.4, -0.2) is 5.78 Å². The Morgan fingerprint density at radius 3 is 2.72 bits per heavy atom. The third-order valence-corrected chi connectivity index (χ3v) is 3.98. The van der Waals surface area contributed by atoms with Crippen molar-refractivity contribution in [3.05, 3.63) is 60.7 Å². The fourth-order valence-electron chi connectivity index (χ4n) is 1.97. The molecule has 1 aliphatic heterocycles. The molecule has 18 heavy (non-hydrogen) atoms. The Morgan fingerprint density at radius 2 is 1.89 bits per heavy atom. The molecule has 1 heterocycles. The number of hydrogen-bond acceptors (Lipinski definition) is 3. The topological polar surface area (TPSA) is 29.1 Å².